The van der Waals surface area contributed by atoms with Crippen LogP contribution in [0.4, 0.5) is 0 Å². The predicted molar refractivity (Wildman–Crippen MR) is 137 cm³/mol. The lowest BCUT2D eigenvalue weighted by Gasteiger charge is -2.65. The van der Waals surface area contributed by atoms with Crippen LogP contribution in [0, 0.1) is 42.4 Å². The molecular formula is C28H44P2. The lowest BCUT2D eigenvalue weighted by atomic mass is 9.55. The number of rotatable bonds is 3. The number of aryl methyl sites for hydroxylation is 1. The average Bonchev–Trinajstić information content (AvgIpc) is 2.74. The van der Waals surface area contributed by atoms with Gasteiger partial charge in [-0.25, -0.2) is 0 Å². The molecule has 0 aromatic heterocycles. The van der Waals surface area contributed by atoms with Gasteiger partial charge in [-0.15, -0.1) is 17.2 Å². The molecule has 2 saturated carbocycles. The summed E-state index contributed by atoms with van der Waals surface area (Å²) in [6.07, 6.45) is 12.0. The topological polar surface area (TPSA) is 0 Å². The highest BCUT2D eigenvalue weighted by molar-refractivity contribution is 7.41. The van der Waals surface area contributed by atoms with Gasteiger partial charge in [0.2, 0.25) is 0 Å². The molecule has 0 spiro atoms. The molecule has 30 heavy (non-hydrogen) atoms. The molecular weight excluding hydrogens is 398 g/mol. The van der Waals surface area contributed by atoms with Gasteiger partial charge in [-0.3, -0.25) is 0 Å². The molecule has 2 aliphatic carbocycles. The van der Waals surface area contributed by atoms with Gasteiger partial charge < -0.3 is 0 Å². The van der Waals surface area contributed by atoms with E-state index in [-0.39, 0.29) is 0 Å². The number of hydrogen-bond donors (Lipinski definition) is 0. The van der Waals surface area contributed by atoms with E-state index in [9.17, 15) is 0 Å². The van der Waals surface area contributed by atoms with Crippen molar-refractivity contribution in [3.05, 3.63) is 35.4 Å². The first-order valence-electron chi connectivity index (χ1n) is 12.9. The van der Waals surface area contributed by atoms with Crippen LogP contribution in [-0.2, 0) is 0 Å². The Balaban J connectivity index is 1.68. The Morgan fingerprint density at radius 1 is 0.767 bits per heavy atom. The summed E-state index contributed by atoms with van der Waals surface area (Å²) in [5.41, 5.74) is 3.35. The summed E-state index contributed by atoms with van der Waals surface area (Å²) >= 11 is 0. The first kappa shape index (κ1) is 21.9. The Kier molecular flexibility index (Phi) is 5.94. The van der Waals surface area contributed by atoms with Gasteiger partial charge >= 0.3 is 0 Å². The first-order chi connectivity index (χ1) is 14.4. The number of hydrogen-bond acceptors (Lipinski definition) is 0. The third-order valence-electron chi connectivity index (χ3n) is 10.5. The smallest absolute Gasteiger partial charge is 0.00331 e. The highest BCUT2D eigenvalue weighted by atomic mass is 31.1. The van der Waals surface area contributed by atoms with Crippen LogP contribution in [0.25, 0.3) is 0 Å². The normalized spacial score (nSPS) is 48.6. The Labute approximate surface area is 189 Å². The van der Waals surface area contributed by atoms with Crippen LogP contribution in [0.5, 0.6) is 0 Å². The third-order valence-corrected chi connectivity index (χ3v) is 15.5. The SMILES string of the molecule is Cc1ccccc1C(C12CC(CCC1C)C(C)CP2)C12CC(CCC1C)C(C)CP2. The molecule has 2 aliphatic heterocycles. The van der Waals surface area contributed by atoms with Crippen molar-refractivity contribution < 1.29 is 0 Å². The molecule has 4 aliphatic rings. The van der Waals surface area contributed by atoms with Gasteiger partial charge in [-0.2, -0.15) is 0 Å². The third kappa shape index (κ3) is 3.29. The van der Waals surface area contributed by atoms with Crippen molar-refractivity contribution in [3.63, 3.8) is 0 Å². The van der Waals surface area contributed by atoms with E-state index in [2.05, 4.69) is 58.9 Å². The zero-order chi connectivity index (χ0) is 21.1. The van der Waals surface area contributed by atoms with Crippen molar-refractivity contribution in [1.82, 2.24) is 0 Å². The Bertz CT molecular complexity index is 732. The molecule has 10 atom stereocenters. The lowest BCUT2D eigenvalue weighted by molar-refractivity contribution is 0.0830. The standard InChI is InChI=1S/C28H44P2/c1-18-8-6-7-9-25(18)26(27-14-23(12-10-21(27)4)19(2)16-29-27)28-15-24(13-11-22(28)5)20(3)17-30-28/h6-9,19-24,26,29-30H,10-17H2,1-5H3. The van der Waals surface area contributed by atoms with E-state index in [4.69, 9.17) is 0 Å². The summed E-state index contributed by atoms with van der Waals surface area (Å²) < 4.78 is 0. The van der Waals surface area contributed by atoms with Crippen LogP contribution in [0.15, 0.2) is 24.3 Å². The van der Waals surface area contributed by atoms with E-state index < -0.39 is 0 Å². The molecule has 0 N–H and O–H groups in total. The van der Waals surface area contributed by atoms with Gasteiger partial charge in [0, 0.05) is 5.92 Å². The molecule has 10 unspecified atom stereocenters. The minimum Gasteiger partial charge on any atom is -0.114 e. The molecule has 2 heterocycles. The van der Waals surface area contributed by atoms with Gasteiger partial charge in [0.05, 0.1) is 0 Å². The summed E-state index contributed by atoms with van der Waals surface area (Å²) in [6.45, 7) is 12.9. The molecule has 5 rings (SSSR count). The molecule has 1 aromatic rings. The highest BCUT2D eigenvalue weighted by Gasteiger charge is 2.61. The van der Waals surface area contributed by atoms with E-state index in [1.807, 2.05) is 0 Å². The van der Waals surface area contributed by atoms with Crippen LogP contribution < -0.4 is 0 Å². The zero-order valence-corrected chi connectivity index (χ0v) is 22.0. The highest BCUT2D eigenvalue weighted by Crippen LogP contribution is 2.71. The predicted octanol–water partition coefficient (Wildman–Crippen LogP) is 8.09. The van der Waals surface area contributed by atoms with Crippen LogP contribution in [-0.4, -0.2) is 22.6 Å². The van der Waals surface area contributed by atoms with Crippen LogP contribution in [0.3, 0.4) is 0 Å². The molecule has 0 radical (unpaired) electrons. The van der Waals surface area contributed by atoms with E-state index in [0.717, 1.165) is 41.4 Å². The molecule has 4 fully saturated rings. The summed E-state index contributed by atoms with van der Waals surface area (Å²) in [5, 5.41) is 1.15. The molecule has 1 aromatic carbocycles. The van der Waals surface area contributed by atoms with Crippen molar-refractivity contribution >= 4 is 17.2 Å². The second-order valence-electron chi connectivity index (χ2n) is 12.0. The quantitative estimate of drug-likeness (QED) is 0.415. The Morgan fingerprint density at radius 2 is 1.27 bits per heavy atom. The molecule has 166 valence electrons. The summed E-state index contributed by atoms with van der Waals surface area (Å²) in [6, 6.07) is 9.64. The molecule has 0 nitrogen and oxygen atoms in total. The van der Waals surface area contributed by atoms with Crippen molar-refractivity contribution in [2.24, 2.45) is 35.5 Å². The van der Waals surface area contributed by atoms with Crippen LogP contribution >= 0.6 is 17.2 Å². The maximum absolute atomic E-state index is 2.67. The minimum atomic E-state index is 0.575. The zero-order valence-electron chi connectivity index (χ0n) is 20.0. The molecule has 2 heteroatoms. The van der Waals surface area contributed by atoms with Gasteiger partial charge in [0.1, 0.15) is 0 Å². The largest absolute Gasteiger partial charge is 0.114 e. The van der Waals surface area contributed by atoms with E-state index in [1.165, 1.54) is 68.0 Å². The van der Waals surface area contributed by atoms with E-state index in [1.54, 1.807) is 11.1 Å². The first-order valence-corrected chi connectivity index (χ1v) is 15.3. The Hall–Kier alpha value is 0.0800. The summed E-state index contributed by atoms with van der Waals surface area (Å²) in [7, 11) is 2.35. The van der Waals surface area contributed by atoms with Gasteiger partial charge in [-0.05, 0) is 115 Å². The van der Waals surface area contributed by atoms with Gasteiger partial charge in [0.15, 0.2) is 0 Å². The second kappa shape index (κ2) is 8.14. The van der Waals surface area contributed by atoms with E-state index >= 15 is 0 Å². The lowest BCUT2D eigenvalue weighted by Crippen LogP contribution is -2.59. The van der Waals surface area contributed by atoms with Gasteiger partial charge in [-0.1, -0.05) is 52.0 Å². The number of benzene rings is 1. The van der Waals surface area contributed by atoms with Crippen LogP contribution in [0.2, 0.25) is 0 Å². The van der Waals surface area contributed by atoms with Gasteiger partial charge in [0.25, 0.3) is 0 Å². The van der Waals surface area contributed by atoms with Crippen molar-refractivity contribution in [1.29, 1.82) is 0 Å². The minimum absolute atomic E-state index is 0.575. The molecule has 0 amide bonds. The number of fused-ring (bicyclic) bond motifs is 4. The fourth-order valence-electron chi connectivity index (χ4n) is 8.35. The van der Waals surface area contributed by atoms with Crippen molar-refractivity contribution in [3.8, 4) is 0 Å². The maximum Gasteiger partial charge on any atom is 0.00331 e. The molecule has 2 saturated heterocycles. The fourth-order valence-corrected chi connectivity index (χ4v) is 13.6. The fraction of sp³-hybridized carbons (Fsp3) is 0.786. The monoisotopic (exact) mass is 442 g/mol. The molecule has 4 bridgehead atoms. The summed E-state index contributed by atoms with van der Waals surface area (Å²) in [5.74, 6) is 6.51. The summed E-state index contributed by atoms with van der Waals surface area (Å²) in [4.78, 5) is 0. The Morgan fingerprint density at radius 3 is 1.77 bits per heavy atom. The van der Waals surface area contributed by atoms with E-state index in [0.29, 0.717) is 10.3 Å². The van der Waals surface area contributed by atoms with Crippen molar-refractivity contribution in [2.75, 3.05) is 12.3 Å². The average molecular weight is 443 g/mol. The van der Waals surface area contributed by atoms with Crippen molar-refractivity contribution in [2.45, 2.75) is 89.4 Å². The maximum atomic E-state index is 2.67. The second-order valence-corrected chi connectivity index (χ2v) is 15.4. The van der Waals surface area contributed by atoms with Crippen LogP contribution in [0.1, 0.15) is 83.3 Å².